The lowest BCUT2D eigenvalue weighted by molar-refractivity contribution is 0.225. The normalized spacial score (nSPS) is 12.1. The molecule has 0 saturated heterocycles. The van der Waals surface area contributed by atoms with E-state index < -0.39 is 0 Å². The van der Waals surface area contributed by atoms with Crippen LogP contribution in [0.1, 0.15) is 47.0 Å². The molecule has 0 aromatic carbocycles. The molecule has 0 aromatic rings. The molecule has 0 spiro atoms. The highest BCUT2D eigenvalue weighted by atomic mass is 14.3. The molecule has 1 N–H and O–H groups in total. The standard InChI is InChI=1S/C10H21N/c1-9(2)10(3,4)7-5-6-8-11/h8-9,11H,5-7H2,1-4H3. The van der Waals surface area contributed by atoms with Crippen LogP contribution in [0.2, 0.25) is 0 Å². The van der Waals surface area contributed by atoms with Crippen molar-refractivity contribution in [2.24, 2.45) is 11.3 Å². The molecule has 0 aliphatic carbocycles. The molecule has 0 fully saturated rings. The summed E-state index contributed by atoms with van der Waals surface area (Å²) in [5, 5.41) is 6.89. The van der Waals surface area contributed by atoms with Gasteiger partial charge in [0.15, 0.2) is 0 Å². The van der Waals surface area contributed by atoms with Crippen molar-refractivity contribution in [3.8, 4) is 0 Å². The van der Waals surface area contributed by atoms with Gasteiger partial charge in [-0.05, 0) is 36.8 Å². The molecule has 0 aliphatic rings. The Morgan fingerprint density at radius 3 is 2.27 bits per heavy atom. The van der Waals surface area contributed by atoms with Crippen molar-refractivity contribution in [1.82, 2.24) is 0 Å². The zero-order valence-electron chi connectivity index (χ0n) is 8.28. The zero-order chi connectivity index (χ0) is 8.91. The SMILES string of the molecule is CC(C)C(C)(C)CCCC=N. The average Bonchev–Trinajstić information content (AvgIpc) is 1.88. The van der Waals surface area contributed by atoms with Gasteiger partial charge < -0.3 is 5.41 Å². The molecule has 11 heavy (non-hydrogen) atoms. The minimum absolute atomic E-state index is 0.447. The second kappa shape index (κ2) is 4.53. The van der Waals surface area contributed by atoms with Gasteiger partial charge in [0.05, 0.1) is 0 Å². The van der Waals surface area contributed by atoms with Crippen molar-refractivity contribution >= 4 is 6.21 Å². The number of hydrogen-bond acceptors (Lipinski definition) is 1. The second-order valence-electron chi connectivity index (χ2n) is 4.24. The fourth-order valence-electron chi connectivity index (χ4n) is 0.948. The maximum Gasteiger partial charge on any atom is -0.00477 e. The second-order valence-corrected chi connectivity index (χ2v) is 4.24. The molecule has 1 heteroatoms. The van der Waals surface area contributed by atoms with Gasteiger partial charge in [0.1, 0.15) is 0 Å². The third kappa shape index (κ3) is 4.18. The lowest BCUT2D eigenvalue weighted by Crippen LogP contribution is -2.18. The number of hydrogen-bond donors (Lipinski definition) is 1. The van der Waals surface area contributed by atoms with Gasteiger partial charge in [0.2, 0.25) is 0 Å². The van der Waals surface area contributed by atoms with Gasteiger partial charge in [-0.15, -0.1) is 0 Å². The van der Waals surface area contributed by atoms with Crippen LogP contribution in [-0.4, -0.2) is 6.21 Å². The van der Waals surface area contributed by atoms with E-state index in [1.807, 2.05) is 0 Å². The third-order valence-corrected chi connectivity index (χ3v) is 2.73. The highest BCUT2D eigenvalue weighted by molar-refractivity contribution is 5.52. The van der Waals surface area contributed by atoms with E-state index in [1.165, 1.54) is 12.6 Å². The van der Waals surface area contributed by atoms with Crippen LogP contribution in [0.3, 0.4) is 0 Å². The molecule has 66 valence electrons. The summed E-state index contributed by atoms with van der Waals surface area (Å²) < 4.78 is 0. The van der Waals surface area contributed by atoms with E-state index in [9.17, 15) is 0 Å². The van der Waals surface area contributed by atoms with Gasteiger partial charge in [-0.25, -0.2) is 0 Å². The van der Waals surface area contributed by atoms with Crippen LogP contribution in [-0.2, 0) is 0 Å². The molecule has 0 aromatic heterocycles. The van der Waals surface area contributed by atoms with Crippen molar-refractivity contribution in [3.63, 3.8) is 0 Å². The Kier molecular flexibility index (Phi) is 4.39. The van der Waals surface area contributed by atoms with Gasteiger partial charge >= 0.3 is 0 Å². The minimum atomic E-state index is 0.447. The quantitative estimate of drug-likeness (QED) is 0.464. The van der Waals surface area contributed by atoms with Crippen LogP contribution in [0.15, 0.2) is 0 Å². The van der Waals surface area contributed by atoms with Crippen LogP contribution in [0.25, 0.3) is 0 Å². The van der Waals surface area contributed by atoms with E-state index in [4.69, 9.17) is 5.41 Å². The summed E-state index contributed by atoms with van der Waals surface area (Å²) in [5.41, 5.74) is 0.447. The summed E-state index contributed by atoms with van der Waals surface area (Å²) in [7, 11) is 0. The Morgan fingerprint density at radius 1 is 1.36 bits per heavy atom. The van der Waals surface area contributed by atoms with Crippen molar-refractivity contribution in [2.75, 3.05) is 0 Å². The number of rotatable bonds is 5. The van der Waals surface area contributed by atoms with Crippen molar-refractivity contribution in [3.05, 3.63) is 0 Å². The first kappa shape index (κ1) is 10.7. The fraction of sp³-hybridized carbons (Fsp3) is 0.900. The number of nitrogens with one attached hydrogen (secondary N) is 1. The molecule has 0 amide bonds. The zero-order valence-corrected chi connectivity index (χ0v) is 8.28. The molecule has 0 radical (unpaired) electrons. The van der Waals surface area contributed by atoms with Gasteiger partial charge in [0, 0.05) is 0 Å². The summed E-state index contributed by atoms with van der Waals surface area (Å²) >= 11 is 0. The first-order chi connectivity index (χ1) is 5.00. The largest absolute Gasteiger partial charge is 0.313 e. The Balaban J connectivity index is 3.63. The fourth-order valence-corrected chi connectivity index (χ4v) is 0.948. The maximum absolute atomic E-state index is 6.89. The Labute approximate surface area is 70.7 Å². The molecule has 0 heterocycles. The molecular formula is C10H21N. The minimum Gasteiger partial charge on any atom is -0.313 e. The topological polar surface area (TPSA) is 23.9 Å². The highest BCUT2D eigenvalue weighted by Gasteiger charge is 2.20. The first-order valence-electron chi connectivity index (χ1n) is 4.49. The van der Waals surface area contributed by atoms with Gasteiger partial charge in [-0.3, -0.25) is 0 Å². The lowest BCUT2D eigenvalue weighted by Gasteiger charge is -2.28. The van der Waals surface area contributed by atoms with Gasteiger partial charge in [0.25, 0.3) is 0 Å². The molecule has 0 rings (SSSR count). The van der Waals surface area contributed by atoms with E-state index in [1.54, 1.807) is 0 Å². The number of unbranched alkanes of at least 4 members (excludes halogenated alkanes) is 1. The van der Waals surface area contributed by atoms with Crippen molar-refractivity contribution in [1.29, 1.82) is 5.41 Å². The molecule has 0 bridgehead atoms. The van der Waals surface area contributed by atoms with E-state index in [-0.39, 0.29) is 0 Å². The van der Waals surface area contributed by atoms with E-state index in [0.29, 0.717) is 5.41 Å². The lowest BCUT2D eigenvalue weighted by atomic mass is 9.77. The van der Waals surface area contributed by atoms with E-state index in [2.05, 4.69) is 27.7 Å². The average molecular weight is 155 g/mol. The summed E-state index contributed by atoms with van der Waals surface area (Å²) in [4.78, 5) is 0. The Bertz CT molecular complexity index is 114. The van der Waals surface area contributed by atoms with Crippen molar-refractivity contribution < 1.29 is 0 Å². The molecule has 0 unspecified atom stereocenters. The molecule has 0 saturated carbocycles. The van der Waals surface area contributed by atoms with Gasteiger partial charge in [-0.1, -0.05) is 27.7 Å². The Morgan fingerprint density at radius 2 is 1.91 bits per heavy atom. The molecule has 1 nitrogen and oxygen atoms in total. The van der Waals surface area contributed by atoms with Crippen molar-refractivity contribution in [2.45, 2.75) is 47.0 Å². The molecule has 0 aliphatic heterocycles. The van der Waals surface area contributed by atoms with Gasteiger partial charge in [-0.2, -0.15) is 0 Å². The maximum atomic E-state index is 6.89. The van der Waals surface area contributed by atoms with Crippen LogP contribution in [0, 0.1) is 16.7 Å². The molecule has 0 atom stereocenters. The highest BCUT2D eigenvalue weighted by Crippen LogP contribution is 2.31. The third-order valence-electron chi connectivity index (χ3n) is 2.73. The van der Waals surface area contributed by atoms with E-state index >= 15 is 0 Å². The van der Waals surface area contributed by atoms with Crippen LogP contribution in [0.4, 0.5) is 0 Å². The van der Waals surface area contributed by atoms with Crippen LogP contribution < -0.4 is 0 Å². The predicted molar refractivity (Wildman–Crippen MR) is 51.3 cm³/mol. The smallest absolute Gasteiger partial charge is 0.00477 e. The molecular weight excluding hydrogens is 134 g/mol. The summed E-state index contributed by atoms with van der Waals surface area (Å²) in [5.74, 6) is 0.744. The Hall–Kier alpha value is -0.330. The van der Waals surface area contributed by atoms with Crippen LogP contribution >= 0.6 is 0 Å². The summed E-state index contributed by atoms with van der Waals surface area (Å²) in [6, 6.07) is 0. The summed E-state index contributed by atoms with van der Waals surface area (Å²) in [6.45, 7) is 9.15. The van der Waals surface area contributed by atoms with Crippen LogP contribution in [0.5, 0.6) is 0 Å². The summed E-state index contributed by atoms with van der Waals surface area (Å²) in [6.07, 6.45) is 4.85. The first-order valence-corrected chi connectivity index (χ1v) is 4.49. The van der Waals surface area contributed by atoms with E-state index in [0.717, 1.165) is 18.8 Å². The monoisotopic (exact) mass is 155 g/mol. The predicted octanol–water partition coefficient (Wildman–Crippen LogP) is 3.49.